The van der Waals surface area contributed by atoms with Gasteiger partial charge in [-0.3, -0.25) is 14.4 Å². The maximum Gasteiger partial charge on any atom is 0.335 e. The van der Waals surface area contributed by atoms with E-state index in [1.54, 1.807) is 23.1 Å². The number of ether oxygens (including phenoxy) is 1. The zero-order valence-corrected chi connectivity index (χ0v) is 45.6. The molecule has 2 unspecified atom stereocenters. The van der Waals surface area contributed by atoms with Crippen LogP contribution in [0.25, 0.3) is 22.1 Å². The van der Waals surface area contributed by atoms with Crippen molar-refractivity contribution in [3.05, 3.63) is 184 Å². The number of fused-ring (bicyclic) bond motifs is 4. The van der Waals surface area contributed by atoms with Crippen LogP contribution < -0.4 is 5.32 Å². The lowest BCUT2D eigenvalue weighted by Crippen LogP contribution is -2.36. The summed E-state index contributed by atoms with van der Waals surface area (Å²) < 4.78 is 8.73. The Morgan fingerprint density at radius 3 is 1.63 bits per heavy atom. The number of nitrogens with zero attached hydrogens (tertiary/aromatic N) is 7. The van der Waals surface area contributed by atoms with Crippen molar-refractivity contribution in [1.29, 1.82) is 0 Å². The first kappa shape index (κ1) is 55.4. The molecular formula is C57H56Cl4N8O7. The molecule has 6 aromatic carbocycles. The lowest BCUT2D eigenvalue weighted by molar-refractivity contribution is -0.141. The average Bonchev–Trinajstić information content (AvgIpc) is 4.04. The second-order valence-corrected chi connectivity index (χ2v) is 20.4. The lowest BCUT2D eigenvalue weighted by atomic mass is 9.83. The first-order valence-electron chi connectivity index (χ1n) is 24.8. The Balaban J connectivity index is 0.000000172. The molecule has 0 bridgehead atoms. The summed E-state index contributed by atoms with van der Waals surface area (Å²) in [6.45, 7) is 12.5. The number of halogens is 4. The molecule has 0 saturated carbocycles. The van der Waals surface area contributed by atoms with Crippen LogP contribution in [-0.4, -0.2) is 89.1 Å². The molecule has 2 aromatic heterocycles. The number of methoxy groups -OCH3 is 1. The number of aliphatic carboxylic acids is 1. The Hall–Kier alpha value is -6.88. The van der Waals surface area contributed by atoms with Crippen molar-refractivity contribution in [3.63, 3.8) is 0 Å². The van der Waals surface area contributed by atoms with Crippen LogP contribution in [0.3, 0.4) is 0 Å². The number of esters is 1. The Morgan fingerprint density at radius 2 is 1.13 bits per heavy atom. The largest absolute Gasteiger partial charge is 0.481 e. The number of benzene rings is 6. The van der Waals surface area contributed by atoms with E-state index in [9.17, 15) is 24.3 Å². The highest BCUT2D eigenvalue weighted by Crippen LogP contribution is 2.37. The molecule has 0 radical (unpaired) electrons. The number of aryl methyl sites for hydroxylation is 4. The Labute approximate surface area is 459 Å². The van der Waals surface area contributed by atoms with Crippen molar-refractivity contribution in [3.8, 4) is 0 Å². The highest BCUT2D eigenvalue weighted by Gasteiger charge is 2.28. The number of carboxylic acids is 2. The first-order chi connectivity index (χ1) is 36.5. The van der Waals surface area contributed by atoms with E-state index in [0.717, 1.165) is 92.6 Å². The first-order valence-corrected chi connectivity index (χ1v) is 26.3. The molecule has 4 heterocycles. The van der Waals surface area contributed by atoms with Gasteiger partial charge >= 0.3 is 17.9 Å². The zero-order valence-electron chi connectivity index (χ0n) is 42.5. The normalized spacial score (nSPS) is 13.6. The predicted octanol–water partition coefficient (Wildman–Crippen LogP) is 11.7. The van der Waals surface area contributed by atoms with E-state index in [1.807, 2.05) is 47.5 Å². The standard InChI is InChI=1S/C28H26Cl2N4O3.C22H26N4O2.C7H4Cl2O2/c1-3-34-25-7-6-23(16(2)27(25)31-32-34)24(14-26(35)36)18-5-4-17-8-9-33(15-20(17)10-18)28(37)19-11-21(29)13-22(30)12-19;1-4-26-20-8-7-18(14(2)22(20)24-25-26)19(12-21(27)28-3)16-6-5-15-9-10-23-13-17(15)11-16;8-5-1-4(7(10)11)2-6(9)3-5/h4-7,10-13,24H,3,8-9,14-15H2,1-2H3,(H,35,36);5-8,11,19,23H,4,9-10,12-13H2,1-3H3;1-3H,(H,10,11). The summed E-state index contributed by atoms with van der Waals surface area (Å²) >= 11 is 23.3. The predicted molar refractivity (Wildman–Crippen MR) is 295 cm³/mol. The highest BCUT2D eigenvalue weighted by atomic mass is 35.5. The van der Waals surface area contributed by atoms with Crippen LogP contribution in [0.2, 0.25) is 20.1 Å². The van der Waals surface area contributed by atoms with Crippen molar-refractivity contribution in [2.75, 3.05) is 20.2 Å². The van der Waals surface area contributed by atoms with Crippen molar-refractivity contribution in [2.45, 2.75) is 91.4 Å². The van der Waals surface area contributed by atoms with Gasteiger partial charge in [0.2, 0.25) is 0 Å². The maximum atomic E-state index is 13.2. The molecule has 3 N–H and O–H groups in total. The molecule has 10 rings (SSSR count). The third-order valence-electron chi connectivity index (χ3n) is 14.0. The molecule has 76 heavy (non-hydrogen) atoms. The van der Waals surface area contributed by atoms with Gasteiger partial charge in [-0.2, -0.15) is 0 Å². The van der Waals surface area contributed by atoms with Gasteiger partial charge in [0.15, 0.2) is 0 Å². The topological polar surface area (TPSA) is 195 Å². The molecule has 1 amide bonds. The number of rotatable bonds is 12. The van der Waals surface area contributed by atoms with E-state index < -0.39 is 11.9 Å². The fourth-order valence-electron chi connectivity index (χ4n) is 10.0. The Bertz CT molecular complexity index is 3470. The fraction of sp³-hybridized carbons (Fsp3) is 0.298. The summed E-state index contributed by atoms with van der Waals surface area (Å²) in [5, 5.41) is 40.4. The second-order valence-electron chi connectivity index (χ2n) is 18.7. The van der Waals surface area contributed by atoms with Gasteiger partial charge < -0.3 is 25.2 Å². The fourth-order valence-corrected chi connectivity index (χ4v) is 11.1. The summed E-state index contributed by atoms with van der Waals surface area (Å²) in [6, 6.07) is 29.8. The van der Waals surface area contributed by atoms with E-state index in [0.29, 0.717) is 58.1 Å². The summed E-state index contributed by atoms with van der Waals surface area (Å²) in [5.74, 6) is -2.70. The Morgan fingerprint density at radius 1 is 0.632 bits per heavy atom. The van der Waals surface area contributed by atoms with Crippen LogP contribution in [0, 0.1) is 13.8 Å². The van der Waals surface area contributed by atoms with Crippen LogP contribution in [0.15, 0.2) is 97.1 Å². The van der Waals surface area contributed by atoms with E-state index in [-0.39, 0.29) is 35.7 Å². The number of hydrogen-bond donors (Lipinski definition) is 3. The number of amides is 1. The summed E-state index contributed by atoms with van der Waals surface area (Å²) in [5.41, 5.74) is 15.1. The third-order valence-corrected chi connectivity index (χ3v) is 14.8. The number of aromatic nitrogens is 6. The number of hydrogen-bond acceptors (Lipinski definition) is 10. The number of carbonyl (C=O) groups is 4. The molecule has 19 heteroatoms. The molecule has 8 aromatic rings. The molecule has 2 atom stereocenters. The van der Waals surface area contributed by atoms with Gasteiger partial charge in [0.1, 0.15) is 11.0 Å². The van der Waals surface area contributed by atoms with E-state index in [1.165, 1.54) is 36.4 Å². The quantitative estimate of drug-likeness (QED) is 0.0981. The van der Waals surface area contributed by atoms with E-state index >= 15 is 0 Å². The van der Waals surface area contributed by atoms with Crippen LogP contribution in [-0.2, 0) is 53.3 Å². The van der Waals surface area contributed by atoms with Gasteiger partial charge in [-0.25, -0.2) is 14.2 Å². The van der Waals surface area contributed by atoms with Gasteiger partial charge in [-0.1, -0.05) is 105 Å². The molecule has 15 nitrogen and oxygen atoms in total. The Kier molecular flexibility index (Phi) is 17.8. The van der Waals surface area contributed by atoms with Crippen molar-refractivity contribution in [2.24, 2.45) is 0 Å². The van der Waals surface area contributed by atoms with Gasteiger partial charge in [-0.05, 0) is 151 Å². The molecule has 2 aliphatic heterocycles. The number of nitrogens with one attached hydrogen (secondary N) is 1. The van der Waals surface area contributed by atoms with Crippen molar-refractivity contribution in [1.82, 2.24) is 40.2 Å². The molecular weight excluding hydrogens is 1050 g/mol. The minimum absolute atomic E-state index is 0.0588. The molecule has 0 fully saturated rings. The third kappa shape index (κ3) is 12.5. The molecule has 0 spiro atoms. The summed E-state index contributed by atoms with van der Waals surface area (Å²) in [7, 11) is 1.44. The second kappa shape index (κ2) is 24.4. The lowest BCUT2D eigenvalue weighted by Gasteiger charge is -2.30. The highest BCUT2D eigenvalue weighted by molar-refractivity contribution is 6.35. The monoisotopic (exact) mass is 1100 g/mol. The van der Waals surface area contributed by atoms with E-state index in [2.05, 4.69) is 76.2 Å². The maximum absolute atomic E-state index is 13.2. The van der Waals surface area contributed by atoms with E-state index in [4.69, 9.17) is 56.2 Å². The minimum atomic E-state index is -1.03. The van der Waals surface area contributed by atoms with Crippen LogP contribution in [0.5, 0.6) is 0 Å². The number of carboxylic acid groups (broad SMARTS) is 2. The summed E-state index contributed by atoms with van der Waals surface area (Å²) in [6.07, 6.45) is 2.00. The number of carbonyl (C=O) groups excluding carboxylic acids is 2. The van der Waals surface area contributed by atoms with Crippen molar-refractivity contribution >= 4 is 92.3 Å². The number of aromatic carboxylic acids is 1. The minimum Gasteiger partial charge on any atom is -0.481 e. The van der Waals surface area contributed by atoms with Gasteiger partial charge in [0, 0.05) is 70.2 Å². The zero-order chi connectivity index (χ0) is 54.4. The molecule has 2 aliphatic rings. The molecule has 0 saturated heterocycles. The smallest absolute Gasteiger partial charge is 0.335 e. The van der Waals surface area contributed by atoms with Gasteiger partial charge in [0.05, 0.1) is 36.5 Å². The van der Waals surface area contributed by atoms with Gasteiger partial charge in [-0.15, -0.1) is 10.2 Å². The van der Waals surface area contributed by atoms with Crippen LogP contribution in [0.1, 0.15) is 115 Å². The molecule has 394 valence electrons. The average molecular weight is 1110 g/mol. The van der Waals surface area contributed by atoms with Gasteiger partial charge in [0.25, 0.3) is 5.91 Å². The van der Waals surface area contributed by atoms with Crippen molar-refractivity contribution < 1.29 is 34.1 Å². The SMILES string of the molecule is CCn1nnc2c(C)c(C(CC(=O)O)c3ccc4c(c3)CN(C(=O)c3cc(Cl)cc(Cl)c3)CC4)ccc21.CCn1nnc2c(C)c(C(CC(=O)OC)c3ccc4c(c3)CNCC4)ccc21.O=C(O)c1cc(Cl)cc(Cl)c1. The molecule has 0 aliphatic carbocycles. The van der Waals surface area contributed by atoms with Crippen LogP contribution in [0.4, 0.5) is 0 Å². The summed E-state index contributed by atoms with van der Waals surface area (Å²) in [4.78, 5) is 49.5. The van der Waals surface area contributed by atoms with Crippen LogP contribution >= 0.6 is 46.4 Å².